The Balaban J connectivity index is 1.92. The topological polar surface area (TPSA) is 65.0 Å². The highest BCUT2D eigenvalue weighted by molar-refractivity contribution is 4.92. The molecule has 0 bridgehead atoms. The lowest BCUT2D eigenvalue weighted by Crippen LogP contribution is -2.48. The first-order chi connectivity index (χ1) is 9.88. The van der Waals surface area contributed by atoms with Crippen LogP contribution < -0.4 is 5.32 Å². The van der Waals surface area contributed by atoms with Crippen LogP contribution in [0.4, 0.5) is 0 Å². The van der Waals surface area contributed by atoms with E-state index in [9.17, 15) is 10.2 Å². The summed E-state index contributed by atoms with van der Waals surface area (Å²) in [6.45, 7) is 8.41. The van der Waals surface area contributed by atoms with Gasteiger partial charge in [-0.1, -0.05) is 13.8 Å². The van der Waals surface area contributed by atoms with Gasteiger partial charge >= 0.3 is 0 Å². The van der Waals surface area contributed by atoms with Gasteiger partial charge in [0.15, 0.2) is 0 Å². The summed E-state index contributed by atoms with van der Waals surface area (Å²) >= 11 is 0. The summed E-state index contributed by atoms with van der Waals surface area (Å²) in [6, 6.07) is 1.02. The van der Waals surface area contributed by atoms with E-state index in [2.05, 4.69) is 33.0 Å². The van der Waals surface area contributed by atoms with E-state index < -0.39 is 6.10 Å². The van der Waals surface area contributed by atoms with E-state index in [4.69, 9.17) is 4.84 Å². The summed E-state index contributed by atoms with van der Waals surface area (Å²) in [6.07, 6.45) is 3.62. The van der Waals surface area contributed by atoms with E-state index in [1.165, 1.54) is 0 Å². The molecular formula is C16H32N2O3. The van der Waals surface area contributed by atoms with Gasteiger partial charge < -0.3 is 15.5 Å². The summed E-state index contributed by atoms with van der Waals surface area (Å²) in [5.74, 6) is 0. The van der Waals surface area contributed by atoms with E-state index in [1.807, 2.05) is 5.06 Å². The molecule has 2 aliphatic carbocycles. The van der Waals surface area contributed by atoms with Crippen molar-refractivity contribution in [3.8, 4) is 0 Å². The summed E-state index contributed by atoms with van der Waals surface area (Å²) in [5.41, 5.74) is 0. The average Bonchev–Trinajstić information content (AvgIpc) is 2.94. The molecule has 0 heterocycles. The van der Waals surface area contributed by atoms with Gasteiger partial charge in [0, 0.05) is 24.2 Å². The highest BCUT2D eigenvalue weighted by Crippen LogP contribution is 2.30. The van der Waals surface area contributed by atoms with Gasteiger partial charge in [0.05, 0.1) is 12.2 Å². The minimum atomic E-state index is -0.458. The van der Waals surface area contributed by atoms with Gasteiger partial charge in [0.25, 0.3) is 0 Å². The second kappa shape index (κ2) is 7.38. The smallest absolute Gasteiger partial charge is 0.107 e. The fourth-order valence-corrected chi connectivity index (χ4v) is 3.62. The lowest BCUT2D eigenvalue weighted by atomic mass is 10.2. The SMILES string of the molecule is CC(C)N[C@@H]1CC[C@H](ON(C(C)C)[C@@H]2CC[C@@H](O)C2)[C@H]1O. The maximum atomic E-state index is 10.5. The molecule has 0 spiro atoms. The van der Waals surface area contributed by atoms with Crippen molar-refractivity contribution >= 4 is 0 Å². The molecule has 0 saturated heterocycles. The molecule has 3 N–H and O–H groups in total. The Morgan fingerprint density at radius 3 is 2.29 bits per heavy atom. The third-order valence-corrected chi connectivity index (χ3v) is 4.61. The minimum absolute atomic E-state index is 0.123. The number of aliphatic hydroxyl groups is 2. The Kier molecular flexibility index (Phi) is 6.03. The lowest BCUT2D eigenvalue weighted by Gasteiger charge is -2.35. The number of nitrogens with one attached hydrogen (secondary N) is 1. The number of rotatable bonds is 6. The summed E-state index contributed by atoms with van der Waals surface area (Å²) in [4.78, 5) is 6.16. The number of nitrogens with zero attached hydrogens (tertiary/aromatic N) is 1. The molecule has 5 atom stereocenters. The lowest BCUT2D eigenvalue weighted by molar-refractivity contribution is -0.253. The molecule has 0 aliphatic heterocycles. The Hall–Kier alpha value is -0.200. The molecule has 2 rings (SSSR count). The van der Waals surface area contributed by atoms with Crippen LogP contribution in [0.1, 0.15) is 59.8 Å². The van der Waals surface area contributed by atoms with Gasteiger partial charge in [-0.15, -0.1) is 0 Å². The fraction of sp³-hybridized carbons (Fsp3) is 1.00. The summed E-state index contributed by atoms with van der Waals surface area (Å²) in [7, 11) is 0. The van der Waals surface area contributed by atoms with Crippen LogP contribution >= 0.6 is 0 Å². The van der Waals surface area contributed by atoms with Gasteiger partial charge in [-0.05, 0) is 46.0 Å². The Morgan fingerprint density at radius 2 is 1.76 bits per heavy atom. The standard InChI is InChI=1S/C16H32N2O3/c1-10(2)17-14-7-8-15(16(14)20)21-18(11(3)4)12-5-6-13(19)9-12/h10-17,19-20H,5-9H2,1-4H3/t12-,13-,14-,15+,16+/m1/s1. The van der Waals surface area contributed by atoms with Crippen LogP contribution in [0.15, 0.2) is 0 Å². The molecule has 2 saturated carbocycles. The molecule has 0 radical (unpaired) electrons. The molecule has 5 heteroatoms. The number of aliphatic hydroxyl groups excluding tert-OH is 2. The van der Waals surface area contributed by atoms with Gasteiger partial charge in [-0.2, -0.15) is 5.06 Å². The van der Waals surface area contributed by atoms with Crippen LogP contribution in [0.5, 0.6) is 0 Å². The summed E-state index contributed by atoms with van der Waals surface area (Å²) < 4.78 is 0. The van der Waals surface area contributed by atoms with Crippen LogP contribution in [-0.4, -0.2) is 57.8 Å². The quantitative estimate of drug-likeness (QED) is 0.648. The zero-order valence-electron chi connectivity index (χ0n) is 13.8. The number of hydroxylamine groups is 2. The molecule has 2 fully saturated rings. The first-order valence-corrected chi connectivity index (χ1v) is 8.45. The van der Waals surface area contributed by atoms with Crippen molar-refractivity contribution in [3.63, 3.8) is 0 Å². The molecule has 2 aliphatic rings. The molecule has 0 aromatic heterocycles. The van der Waals surface area contributed by atoms with Gasteiger partial charge in [-0.25, -0.2) is 0 Å². The van der Waals surface area contributed by atoms with Gasteiger partial charge in [0.1, 0.15) is 6.10 Å². The van der Waals surface area contributed by atoms with Crippen LogP contribution in [0.3, 0.4) is 0 Å². The third-order valence-electron chi connectivity index (χ3n) is 4.61. The maximum absolute atomic E-state index is 10.5. The van der Waals surface area contributed by atoms with Crippen LogP contribution in [0.25, 0.3) is 0 Å². The predicted molar refractivity (Wildman–Crippen MR) is 82.8 cm³/mol. The van der Waals surface area contributed by atoms with Crippen LogP contribution in [-0.2, 0) is 4.84 Å². The average molecular weight is 300 g/mol. The number of hydrogen-bond donors (Lipinski definition) is 3. The van der Waals surface area contributed by atoms with Crippen molar-refractivity contribution in [2.45, 2.75) is 102 Å². The molecular weight excluding hydrogens is 268 g/mol. The highest BCUT2D eigenvalue weighted by Gasteiger charge is 2.39. The van der Waals surface area contributed by atoms with E-state index in [-0.39, 0.29) is 30.3 Å². The van der Waals surface area contributed by atoms with Gasteiger partial charge in [-0.3, -0.25) is 4.84 Å². The highest BCUT2D eigenvalue weighted by atomic mass is 16.7. The van der Waals surface area contributed by atoms with E-state index in [0.717, 1.165) is 32.1 Å². The second-order valence-electron chi connectivity index (χ2n) is 7.21. The van der Waals surface area contributed by atoms with Crippen molar-refractivity contribution < 1.29 is 15.1 Å². The first kappa shape index (κ1) is 17.2. The predicted octanol–water partition coefficient (Wildman–Crippen LogP) is 1.43. The van der Waals surface area contributed by atoms with Crippen LogP contribution in [0, 0.1) is 0 Å². The fourth-order valence-electron chi connectivity index (χ4n) is 3.62. The van der Waals surface area contributed by atoms with Crippen molar-refractivity contribution in [2.24, 2.45) is 0 Å². The van der Waals surface area contributed by atoms with Gasteiger partial charge in [0.2, 0.25) is 0 Å². The Morgan fingerprint density at radius 1 is 1.05 bits per heavy atom. The van der Waals surface area contributed by atoms with Crippen LogP contribution in [0.2, 0.25) is 0 Å². The van der Waals surface area contributed by atoms with Crippen molar-refractivity contribution in [3.05, 3.63) is 0 Å². The monoisotopic (exact) mass is 300 g/mol. The van der Waals surface area contributed by atoms with E-state index >= 15 is 0 Å². The first-order valence-electron chi connectivity index (χ1n) is 8.45. The van der Waals surface area contributed by atoms with Crippen molar-refractivity contribution in [1.82, 2.24) is 10.4 Å². The molecule has 5 nitrogen and oxygen atoms in total. The zero-order chi connectivity index (χ0) is 15.6. The molecule has 0 unspecified atom stereocenters. The Labute approximate surface area is 128 Å². The minimum Gasteiger partial charge on any atom is -0.393 e. The molecule has 21 heavy (non-hydrogen) atoms. The largest absolute Gasteiger partial charge is 0.393 e. The maximum Gasteiger partial charge on any atom is 0.107 e. The molecule has 0 amide bonds. The normalized spacial score (nSPS) is 37.3. The molecule has 0 aromatic carbocycles. The molecule has 0 aromatic rings. The third kappa shape index (κ3) is 4.39. The van der Waals surface area contributed by atoms with E-state index in [0.29, 0.717) is 6.04 Å². The summed E-state index contributed by atoms with van der Waals surface area (Å²) in [5, 5.41) is 25.6. The van der Waals surface area contributed by atoms with E-state index in [1.54, 1.807) is 0 Å². The zero-order valence-corrected chi connectivity index (χ0v) is 13.8. The van der Waals surface area contributed by atoms with Crippen molar-refractivity contribution in [1.29, 1.82) is 0 Å². The molecule has 124 valence electrons. The second-order valence-corrected chi connectivity index (χ2v) is 7.21. The van der Waals surface area contributed by atoms with Crippen molar-refractivity contribution in [2.75, 3.05) is 0 Å². The Bertz CT molecular complexity index is 325. The number of hydrogen-bond acceptors (Lipinski definition) is 5.